The summed E-state index contributed by atoms with van der Waals surface area (Å²) in [5, 5.41) is 6.75. The zero-order valence-corrected chi connectivity index (χ0v) is 40.7. The van der Waals surface area contributed by atoms with Crippen LogP contribution in [0.4, 0.5) is 11.4 Å². The summed E-state index contributed by atoms with van der Waals surface area (Å²) in [6.07, 6.45) is 4.44. The van der Waals surface area contributed by atoms with Gasteiger partial charge >= 0.3 is 0 Å². The van der Waals surface area contributed by atoms with E-state index in [4.69, 9.17) is 0 Å². The molecule has 3 aliphatic heterocycles. The molecule has 0 bridgehead atoms. The zero-order chi connectivity index (χ0) is 47.3. The van der Waals surface area contributed by atoms with E-state index in [0.29, 0.717) is 30.4 Å². The Morgan fingerprint density at radius 2 is 0.970 bits per heavy atom. The van der Waals surface area contributed by atoms with Crippen LogP contribution in [0.3, 0.4) is 0 Å². The summed E-state index contributed by atoms with van der Waals surface area (Å²) in [4.78, 5) is 64.6. The Kier molecular flexibility index (Phi) is 17.8. The lowest BCUT2D eigenvalue weighted by Crippen LogP contribution is -2.53. The van der Waals surface area contributed by atoms with E-state index in [1.807, 2.05) is 106 Å². The minimum atomic E-state index is -0.653. The summed E-state index contributed by atoms with van der Waals surface area (Å²) in [6.45, 7) is 15.4. The Hall–Kier alpha value is -5.24. The highest BCUT2D eigenvalue weighted by atomic mass is 16.2. The van der Waals surface area contributed by atoms with Crippen LogP contribution in [0.15, 0.2) is 97.1 Å². The van der Waals surface area contributed by atoms with Gasteiger partial charge in [0.05, 0.1) is 11.1 Å². The third-order valence-corrected chi connectivity index (χ3v) is 14.1. The van der Waals surface area contributed by atoms with Crippen LogP contribution in [-0.4, -0.2) is 168 Å². The number of carbonyl (C=O) groups is 4. The van der Waals surface area contributed by atoms with Gasteiger partial charge in [0.1, 0.15) is 6.29 Å². The highest BCUT2D eigenvalue weighted by molar-refractivity contribution is 6.04. The number of hydrogen-bond donors (Lipinski definition) is 2. The van der Waals surface area contributed by atoms with Crippen LogP contribution in [0.2, 0.25) is 0 Å². The molecule has 4 aromatic carbocycles. The molecule has 66 heavy (non-hydrogen) atoms. The summed E-state index contributed by atoms with van der Waals surface area (Å²) in [5.74, 6) is 0.379. The van der Waals surface area contributed by atoms with Crippen molar-refractivity contribution < 1.29 is 19.2 Å². The van der Waals surface area contributed by atoms with Crippen molar-refractivity contribution in [3.63, 3.8) is 0 Å². The number of nitrogens with zero attached hydrogens (tertiary/aromatic N) is 6. The van der Waals surface area contributed by atoms with E-state index >= 15 is 0 Å². The van der Waals surface area contributed by atoms with Crippen molar-refractivity contribution in [3.05, 3.63) is 130 Å². The first kappa shape index (κ1) is 50.2. The maximum absolute atomic E-state index is 13.9. The third kappa shape index (κ3) is 12.0. The minimum Gasteiger partial charge on any atom is -0.369 e. The van der Waals surface area contributed by atoms with Gasteiger partial charge in [-0.3, -0.25) is 29.0 Å². The van der Waals surface area contributed by atoms with Crippen molar-refractivity contribution in [2.45, 2.75) is 57.0 Å². The van der Waals surface area contributed by atoms with Gasteiger partial charge < -0.3 is 30.2 Å². The summed E-state index contributed by atoms with van der Waals surface area (Å²) >= 11 is 0. The maximum Gasteiger partial charge on any atom is 0.253 e. The third-order valence-electron chi connectivity index (χ3n) is 14.1. The Morgan fingerprint density at radius 1 is 0.561 bits per heavy atom. The number of ketones is 2. The first-order valence-corrected chi connectivity index (χ1v) is 24.0. The molecule has 4 aromatic rings. The molecule has 2 unspecified atom stereocenters. The van der Waals surface area contributed by atoms with Crippen molar-refractivity contribution >= 4 is 35.1 Å². The van der Waals surface area contributed by atoms with Crippen molar-refractivity contribution in [2.75, 3.05) is 124 Å². The van der Waals surface area contributed by atoms with Crippen LogP contribution in [0.25, 0.3) is 0 Å². The molecule has 0 aliphatic carbocycles. The van der Waals surface area contributed by atoms with E-state index in [2.05, 4.69) is 80.3 Å². The van der Waals surface area contributed by atoms with E-state index in [0.717, 1.165) is 120 Å². The Balaban J connectivity index is 0.000000222. The molecular weight excluding hydrogens is 825 g/mol. The summed E-state index contributed by atoms with van der Waals surface area (Å²) in [6, 6.07) is 31.6. The Morgan fingerprint density at radius 3 is 1.38 bits per heavy atom. The molecule has 2 atom stereocenters. The van der Waals surface area contributed by atoms with Gasteiger partial charge in [0, 0.05) is 112 Å². The lowest BCUT2D eigenvalue weighted by Gasteiger charge is -2.39. The van der Waals surface area contributed by atoms with Crippen LogP contribution in [0.1, 0.15) is 85.7 Å². The molecule has 12 nitrogen and oxygen atoms in total. The van der Waals surface area contributed by atoms with Gasteiger partial charge in [0.25, 0.3) is 5.91 Å². The molecule has 0 aromatic heterocycles. The summed E-state index contributed by atoms with van der Waals surface area (Å²) < 4.78 is 0. The van der Waals surface area contributed by atoms with E-state index in [1.165, 1.54) is 11.4 Å². The fourth-order valence-electron chi connectivity index (χ4n) is 9.70. The number of benzene rings is 4. The van der Waals surface area contributed by atoms with Gasteiger partial charge in [-0.2, -0.15) is 0 Å². The highest BCUT2D eigenvalue weighted by Gasteiger charge is 2.41. The van der Waals surface area contributed by atoms with E-state index in [9.17, 15) is 19.2 Å². The van der Waals surface area contributed by atoms with Crippen LogP contribution in [0, 0.1) is 0 Å². The molecule has 7 rings (SSSR count). The first-order chi connectivity index (χ1) is 31.8. The number of Topliss-reactive ketones (excluding diaryl/α,β-unsaturated/α-hetero) is 2. The number of anilines is 2. The molecule has 3 heterocycles. The fraction of sp³-hybridized carbons (Fsp3) is 0.481. The molecular formula is C54H74N8O4. The largest absolute Gasteiger partial charge is 0.369 e. The molecule has 354 valence electrons. The van der Waals surface area contributed by atoms with Gasteiger partial charge in [-0.15, -0.1) is 0 Å². The number of rotatable bonds is 17. The lowest BCUT2D eigenvalue weighted by molar-refractivity contribution is 0.0648. The second kappa shape index (κ2) is 23.5. The van der Waals surface area contributed by atoms with Crippen LogP contribution >= 0.6 is 0 Å². The lowest BCUT2D eigenvalue weighted by atomic mass is 9.79. The number of hydrogen-bond acceptors (Lipinski definition) is 11. The second-order valence-corrected chi connectivity index (χ2v) is 18.7. The summed E-state index contributed by atoms with van der Waals surface area (Å²) in [5.41, 5.74) is 6.05. The standard InChI is InChI=1S/C29H41N5O2.C25H33N3O2/c1-5-29(31(2)3,27(35)24-10-12-26(13-11-24)33-16-14-30-15-17-33)22-23-6-8-25(9-7-23)28(36)34-20-18-32(4)19-21-34;1-4-13-25(27(2)3,18-20-5-7-21(19-29)8-6-20)24(30)22-9-11-23(12-10-22)28-16-14-26-15-17-28/h6-13,30H,5,14-22H2,1-4H3;5-12,19,26H,4,13-18H2,1-3H3. The monoisotopic (exact) mass is 899 g/mol. The van der Waals surface area contributed by atoms with Crippen LogP contribution < -0.4 is 20.4 Å². The predicted octanol–water partition coefficient (Wildman–Crippen LogP) is 6.05. The highest BCUT2D eigenvalue weighted by Crippen LogP contribution is 2.32. The number of likely N-dealkylation sites (N-methyl/N-ethyl adjacent to an activating group) is 3. The summed E-state index contributed by atoms with van der Waals surface area (Å²) in [7, 11) is 10.0. The van der Waals surface area contributed by atoms with Crippen molar-refractivity contribution in [3.8, 4) is 0 Å². The molecule has 3 fully saturated rings. The van der Waals surface area contributed by atoms with Crippen molar-refractivity contribution in [1.29, 1.82) is 0 Å². The molecule has 3 saturated heterocycles. The van der Waals surface area contributed by atoms with E-state index in [-0.39, 0.29) is 17.5 Å². The normalized spacial score (nSPS) is 17.7. The van der Waals surface area contributed by atoms with Crippen molar-refractivity contribution in [1.82, 2.24) is 30.2 Å². The molecule has 3 aliphatic rings. The molecule has 2 N–H and O–H groups in total. The minimum absolute atomic E-state index is 0.0877. The average Bonchev–Trinajstić information content (AvgIpc) is 3.36. The van der Waals surface area contributed by atoms with E-state index < -0.39 is 11.1 Å². The number of aldehydes is 1. The number of carbonyl (C=O) groups excluding carboxylic acids is 4. The number of amides is 1. The molecule has 0 radical (unpaired) electrons. The molecule has 1 amide bonds. The van der Waals surface area contributed by atoms with Crippen LogP contribution in [0.5, 0.6) is 0 Å². The molecule has 12 heteroatoms. The smallest absolute Gasteiger partial charge is 0.253 e. The maximum atomic E-state index is 13.9. The molecule has 0 saturated carbocycles. The van der Waals surface area contributed by atoms with Gasteiger partial charge in [0.15, 0.2) is 11.6 Å². The fourth-order valence-corrected chi connectivity index (χ4v) is 9.70. The quantitative estimate of drug-likeness (QED) is 0.0955. The van der Waals surface area contributed by atoms with E-state index in [1.54, 1.807) is 0 Å². The Bertz CT molecular complexity index is 2180. The predicted molar refractivity (Wildman–Crippen MR) is 269 cm³/mol. The van der Waals surface area contributed by atoms with Gasteiger partial charge in [0.2, 0.25) is 0 Å². The topological polar surface area (TPSA) is 112 Å². The second-order valence-electron chi connectivity index (χ2n) is 18.7. The zero-order valence-electron chi connectivity index (χ0n) is 40.7. The van der Waals surface area contributed by atoms with Gasteiger partial charge in [-0.1, -0.05) is 56.7 Å². The average molecular weight is 899 g/mol. The first-order valence-electron chi connectivity index (χ1n) is 24.0. The van der Waals surface area contributed by atoms with Gasteiger partial charge in [-0.25, -0.2) is 0 Å². The SMILES string of the molecule is CCC(Cc1ccc(C(=O)N2CCN(C)CC2)cc1)(C(=O)c1ccc(N2CCNCC2)cc1)N(C)C.CCCC(Cc1ccc(C=O)cc1)(C(=O)c1ccc(N2CCNCC2)cc1)N(C)C. The Labute approximate surface area is 394 Å². The van der Waals surface area contributed by atoms with Crippen LogP contribution in [-0.2, 0) is 12.8 Å². The molecule has 0 spiro atoms. The number of nitrogens with one attached hydrogen (secondary N) is 2. The van der Waals surface area contributed by atoms with Crippen molar-refractivity contribution in [2.24, 2.45) is 0 Å². The van der Waals surface area contributed by atoms with Gasteiger partial charge in [-0.05, 0) is 133 Å². The number of piperazine rings is 3.